The molecule has 5 heteroatoms. The Labute approximate surface area is 158 Å². The van der Waals surface area contributed by atoms with E-state index in [4.69, 9.17) is 4.74 Å². The summed E-state index contributed by atoms with van der Waals surface area (Å²) in [6.07, 6.45) is 2.40. The van der Waals surface area contributed by atoms with Crippen LogP contribution < -0.4 is 15.4 Å². The molecule has 1 rings (SSSR count). The van der Waals surface area contributed by atoms with Crippen molar-refractivity contribution in [3.63, 3.8) is 0 Å². The molecule has 0 fully saturated rings. The third-order valence-corrected chi connectivity index (χ3v) is 3.72. The first-order valence-electron chi connectivity index (χ1n) is 8.15. The molecule has 1 aromatic carbocycles. The molecular formula is C18H32IN3O. The minimum Gasteiger partial charge on any atom is -0.496 e. The molecule has 2 N–H and O–H groups in total. The Hall–Kier alpha value is -0.980. The Balaban J connectivity index is 0.00000484. The SMILES string of the molecule is CN=C(NCCCC(C)C)NCC(C)c1ccccc1OC.I. The van der Waals surface area contributed by atoms with E-state index in [2.05, 4.69) is 42.5 Å². The Morgan fingerprint density at radius 1 is 1.17 bits per heavy atom. The van der Waals surface area contributed by atoms with Gasteiger partial charge in [-0.05, 0) is 30.4 Å². The molecule has 0 radical (unpaired) electrons. The van der Waals surface area contributed by atoms with Gasteiger partial charge in [-0.3, -0.25) is 4.99 Å². The predicted octanol–water partition coefficient (Wildman–Crippen LogP) is 4.02. The van der Waals surface area contributed by atoms with E-state index in [-0.39, 0.29) is 24.0 Å². The summed E-state index contributed by atoms with van der Waals surface area (Å²) in [7, 11) is 3.53. The smallest absolute Gasteiger partial charge is 0.190 e. The van der Waals surface area contributed by atoms with Gasteiger partial charge in [0.2, 0.25) is 0 Å². The van der Waals surface area contributed by atoms with E-state index in [9.17, 15) is 0 Å². The van der Waals surface area contributed by atoms with E-state index in [0.29, 0.717) is 5.92 Å². The molecule has 4 nitrogen and oxygen atoms in total. The summed E-state index contributed by atoms with van der Waals surface area (Å²) in [6, 6.07) is 8.17. The predicted molar refractivity (Wildman–Crippen MR) is 110 cm³/mol. The van der Waals surface area contributed by atoms with Crippen LogP contribution in [0.3, 0.4) is 0 Å². The molecule has 0 heterocycles. The van der Waals surface area contributed by atoms with E-state index in [0.717, 1.165) is 30.7 Å². The van der Waals surface area contributed by atoms with Crippen molar-refractivity contribution in [3.8, 4) is 5.75 Å². The molecule has 0 aliphatic rings. The molecule has 1 unspecified atom stereocenters. The number of halogens is 1. The van der Waals surface area contributed by atoms with Crippen LogP contribution in [-0.2, 0) is 0 Å². The molecule has 1 aromatic rings. The quantitative estimate of drug-likeness (QED) is 0.282. The first-order chi connectivity index (χ1) is 10.6. The number of hydrogen-bond donors (Lipinski definition) is 2. The van der Waals surface area contributed by atoms with Crippen LogP contribution in [0.2, 0.25) is 0 Å². The van der Waals surface area contributed by atoms with Crippen molar-refractivity contribution >= 4 is 29.9 Å². The zero-order valence-electron chi connectivity index (χ0n) is 15.1. The average Bonchev–Trinajstić information content (AvgIpc) is 2.53. The molecule has 0 spiro atoms. The normalized spacial score (nSPS) is 12.5. The molecule has 132 valence electrons. The third-order valence-electron chi connectivity index (χ3n) is 3.72. The highest BCUT2D eigenvalue weighted by Crippen LogP contribution is 2.25. The molecule has 1 atom stereocenters. The van der Waals surface area contributed by atoms with Crippen LogP contribution in [0.25, 0.3) is 0 Å². The minimum atomic E-state index is 0. The Morgan fingerprint density at radius 3 is 2.48 bits per heavy atom. The highest BCUT2D eigenvalue weighted by molar-refractivity contribution is 14.0. The van der Waals surface area contributed by atoms with E-state index in [1.54, 1.807) is 7.11 Å². The summed E-state index contributed by atoms with van der Waals surface area (Å²) < 4.78 is 5.43. The number of hydrogen-bond acceptors (Lipinski definition) is 2. The lowest BCUT2D eigenvalue weighted by Crippen LogP contribution is -2.39. The van der Waals surface area contributed by atoms with E-state index in [1.165, 1.54) is 18.4 Å². The second kappa shape index (κ2) is 12.4. The van der Waals surface area contributed by atoms with Crippen LogP contribution in [0, 0.1) is 5.92 Å². The fraction of sp³-hybridized carbons (Fsp3) is 0.611. The van der Waals surface area contributed by atoms with E-state index in [1.807, 2.05) is 25.2 Å². The van der Waals surface area contributed by atoms with Crippen LogP contribution in [0.4, 0.5) is 0 Å². The van der Waals surface area contributed by atoms with Crippen molar-refractivity contribution in [2.24, 2.45) is 10.9 Å². The third kappa shape index (κ3) is 8.44. The van der Waals surface area contributed by atoms with Crippen LogP contribution in [0.15, 0.2) is 29.3 Å². The number of aliphatic imine (C=N–C) groups is 1. The van der Waals surface area contributed by atoms with Crippen LogP contribution in [0.5, 0.6) is 5.75 Å². The summed E-state index contributed by atoms with van der Waals surface area (Å²) in [6.45, 7) is 8.48. The molecule has 0 aliphatic heterocycles. The maximum absolute atomic E-state index is 5.43. The number of guanidine groups is 1. The van der Waals surface area contributed by atoms with E-state index >= 15 is 0 Å². The monoisotopic (exact) mass is 433 g/mol. The molecule has 0 saturated heterocycles. The highest BCUT2D eigenvalue weighted by Gasteiger charge is 2.11. The zero-order chi connectivity index (χ0) is 16.4. The lowest BCUT2D eigenvalue weighted by atomic mass is 10.0. The molecule has 0 amide bonds. The number of nitrogens with zero attached hydrogens (tertiary/aromatic N) is 1. The van der Waals surface area contributed by atoms with Gasteiger partial charge >= 0.3 is 0 Å². The van der Waals surface area contributed by atoms with Crippen LogP contribution in [0.1, 0.15) is 45.1 Å². The maximum atomic E-state index is 5.43. The minimum absolute atomic E-state index is 0. The fourth-order valence-electron chi connectivity index (χ4n) is 2.37. The first kappa shape index (κ1) is 22.0. The highest BCUT2D eigenvalue weighted by atomic mass is 127. The average molecular weight is 433 g/mol. The maximum Gasteiger partial charge on any atom is 0.190 e. The lowest BCUT2D eigenvalue weighted by molar-refractivity contribution is 0.406. The molecule has 0 saturated carbocycles. The molecule has 0 aromatic heterocycles. The molecule has 0 aliphatic carbocycles. The Kier molecular flexibility index (Phi) is 11.9. The van der Waals surface area contributed by atoms with Gasteiger partial charge in [-0.2, -0.15) is 0 Å². The summed E-state index contributed by atoms with van der Waals surface area (Å²) in [4.78, 5) is 4.28. The van der Waals surface area contributed by atoms with Crippen LogP contribution >= 0.6 is 24.0 Å². The molecule has 23 heavy (non-hydrogen) atoms. The number of nitrogens with one attached hydrogen (secondary N) is 2. The van der Waals surface area contributed by atoms with Crippen molar-refractivity contribution < 1.29 is 4.74 Å². The summed E-state index contributed by atoms with van der Waals surface area (Å²) >= 11 is 0. The number of benzene rings is 1. The summed E-state index contributed by atoms with van der Waals surface area (Å²) in [5.41, 5.74) is 1.22. The number of ether oxygens (including phenoxy) is 1. The summed E-state index contributed by atoms with van der Waals surface area (Å²) in [5.74, 6) is 2.91. The van der Waals surface area contributed by atoms with Gasteiger partial charge in [0, 0.05) is 26.1 Å². The summed E-state index contributed by atoms with van der Waals surface area (Å²) in [5, 5.41) is 6.76. The van der Waals surface area contributed by atoms with Gasteiger partial charge in [0.25, 0.3) is 0 Å². The largest absolute Gasteiger partial charge is 0.496 e. The first-order valence-corrected chi connectivity index (χ1v) is 8.15. The number of para-hydroxylation sites is 1. The lowest BCUT2D eigenvalue weighted by Gasteiger charge is -2.18. The van der Waals surface area contributed by atoms with Gasteiger partial charge in [0.1, 0.15) is 5.75 Å². The second-order valence-electron chi connectivity index (χ2n) is 6.06. The van der Waals surface area contributed by atoms with Crippen molar-refractivity contribution in [3.05, 3.63) is 29.8 Å². The van der Waals surface area contributed by atoms with Gasteiger partial charge in [-0.25, -0.2) is 0 Å². The van der Waals surface area contributed by atoms with Gasteiger partial charge in [0.15, 0.2) is 5.96 Å². The van der Waals surface area contributed by atoms with Gasteiger partial charge in [-0.15, -0.1) is 24.0 Å². The van der Waals surface area contributed by atoms with Crippen molar-refractivity contribution in [2.75, 3.05) is 27.2 Å². The Bertz CT molecular complexity index is 463. The molecular weight excluding hydrogens is 401 g/mol. The number of rotatable bonds is 8. The van der Waals surface area contributed by atoms with Crippen LogP contribution in [-0.4, -0.2) is 33.2 Å². The van der Waals surface area contributed by atoms with E-state index < -0.39 is 0 Å². The molecule has 0 bridgehead atoms. The van der Waals surface area contributed by atoms with Crippen molar-refractivity contribution in [1.82, 2.24) is 10.6 Å². The Morgan fingerprint density at radius 2 is 1.87 bits per heavy atom. The van der Waals surface area contributed by atoms with Crippen molar-refractivity contribution in [2.45, 2.75) is 39.5 Å². The topological polar surface area (TPSA) is 45.7 Å². The van der Waals surface area contributed by atoms with Gasteiger partial charge < -0.3 is 15.4 Å². The number of methoxy groups -OCH3 is 1. The zero-order valence-corrected chi connectivity index (χ0v) is 17.4. The van der Waals surface area contributed by atoms with Gasteiger partial charge in [-0.1, -0.05) is 39.0 Å². The standard InChI is InChI=1S/C18H31N3O.HI/c1-14(2)9-8-12-20-18(19-4)21-13-15(3)16-10-6-7-11-17(16)22-5;/h6-7,10-11,14-15H,8-9,12-13H2,1-5H3,(H2,19,20,21);1H. The van der Waals surface area contributed by atoms with Crippen molar-refractivity contribution in [1.29, 1.82) is 0 Å². The fourth-order valence-corrected chi connectivity index (χ4v) is 2.37. The second-order valence-corrected chi connectivity index (χ2v) is 6.06. The van der Waals surface area contributed by atoms with Gasteiger partial charge in [0.05, 0.1) is 7.11 Å².